The first-order valence-corrected chi connectivity index (χ1v) is 9.74. The first-order chi connectivity index (χ1) is 13.1. The van der Waals surface area contributed by atoms with E-state index in [1.54, 1.807) is 18.2 Å². The Hall–Kier alpha value is -1.13. The predicted octanol–water partition coefficient (Wildman–Crippen LogP) is 2.95. The lowest BCUT2D eigenvalue weighted by Gasteiger charge is -2.25. The summed E-state index contributed by atoms with van der Waals surface area (Å²) in [7, 11) is 0. The molecule has 1 saturated heterocycles. The maximum absolute atomic E-state index is 13.8. The molecule has 28 heavy (non-hydrogen) atoms. The van der Waals surface area contributed by atoms with Crippen molar-refractivity contribution in [3.8, 4) is 5.75 Å². The highest BCUT2D eigenvalue weighted by atomic mass is 127. The number of aliphatic hydroxyl groups excluding tert-OH is 1. The van der Waals surface area contributed by atoms with Crippen molar-refractivity contribution in [1.82, 2.24) is 10.6 Å². The van der Waals surface area contributed by atoms with Gasteiger partial charge in [-0.15, -0.1) is 24.0 Å². The second-order valence-corrected chi connectivity index (χ2v) is 6.93. The third kappa shape index (κ3) is 7.71. The zero-order valence-corrected chi connectivity index (χ0v) is 19.1. The second-order valence-electron chi connectivity index (χ2n) is 6.93. The number of aliphatic hydroxyl groups is 1. The summed E-state index contributed by atoms with van der Waals surface area (Å²) in [6, 6.07) is 6.43. The van der Waals surface area contributed by atoms with Crippen LogP contribution in [0, 0.1) is 11.2 Å². The van der Waals surface area contributed by atoms with Crippen LogP contribution < -0.4 is 15.4 Å². The van der Waals surface area contributed by atoms with E-state index in [0.29, 0.717) is 38.7 Å². The fourth-order valence-corrected chi connectivity index (χ4v) is 3.08. The van der Waals surface area contributed by atoms with Crippen molar-refractivity contribution < 1.29 is 19.0 Å². The van der Waals surface area contributed by atoms with Crippen molar-refractivity contribution in [2.24, 2.45) is 10.4 Å². The molecule has 0 amide bonds. The number of benzene rings is 1. The van der Waals surface area contributed by atoms with Crippen LogP contribution in [0.4, 0.5) is 4.39 Å². The van der Waals surface area contributed by atoms with Crippen LogP contribution in [0.3, 0.4) is 0 Å². The lowest BCUT2D eigenvalue weighted by atomic mass is 9.84. The van der Waals surface area contributed by atoms with Gasteiger partial charge in [-0.05, 0) is 38.3 Å². The van der Waals surface area contributed by atoms with E-state index in [2.05, 4.69) is 10.6 Å². The number of guanidine groups is 1. The van der Waals surface area contributed by atoms with Crippen molar-refractivity contribution in [2.75, 3.05) is 39.5 Å². The monoisotopic (exact) mass is 509 g/mol. The standard InChI is InChI=1S/C20H32FN3O3.HI/c1-3-16(27-18-8-6-5-7-17(18)21)13-23-19(22-4-2)24-14-20(9-11-25)10-12-26-15-20;/h5-8,16,25H,3-4,9-15H2,1-2H3,(H2,22,23,24);1H. The fourth-order valence-electron chi connectivity index (χ4n) is 3.08. The molecule has 0 saturated carbocycles. The van der Waals surface area contributed by atoms with Crippen LogP contribution in [0.25, 0.3) is 0 Å². The van der Waals surface area contributed by atoms with Gasteiger partial charge in [-0.2, -0.15) is 0 Å². The highest BCUT2D eigenvalue weighted by molar-refractivity contribution is 14.0. The SMILES string of the molecule is CCNC(=NCC1(CCO)CCOC1)NCC(CC)Oc1ccccc1F.I. The van der Waals surface area contributed by atoms with Gasteiger partial charge in [0, 0.05) is 25.2 Å². The number of hydrogen-bond acceptors (Lipinski definition) is 4. The number of para-hydroxylation sites is 1. The van der Waals surface area contributed by atoms with Gasteiger partial charge < -0.3 is 25.2 Å². The van der Waals surface area contributed by atoms with Crippen LogP contribution in [0.5, 0.6) is 5.75 Å². The van der Waals surface area contributed by atoms with Crippen LogP contribution in [0.1, 0.15) is 33.1 Å². The van der Waals surface area contributed by atoms with E-state index >= 15 is 0 Å². The molecule has 0 radical (unpaired) electrons. The maximum Gasteiger partial charge on any atom is 0.191 e. The normalized spacial score (nSPS) is 20.4. The molecule has 1 aliphatic rings. The molecule has 0 aromatic heterocycles. The number of aliphatic imine (C=N–C) groups is 1. The molecule has 160 valence electrons. The minimum absolute atomic E-state index is 0. The summed E-state index contributed by atoms with van der Waals surface area (Å²) in [6.07, 6.45) is 2.16. The average Bonchev–Trinajstić information content (AvgIpc) is 3.13. The summed E-state index contributed by atoms with van der Waals surface area (Å²) in [5, 5.41) is 15.9. The first kappa shape index (κ1) is 24.9. The minimum atomic E-state index is -0.358. The molecule has 2 unspecified atom stereocenters. The Kier molecular flexibility index (Phi) is 11.7. The zero-order valence-electron chi connectivity index (χ0n) is 16.7. The number of ether oxygens (including phenoxy) is 2. The highest BCUT2D eigenvalue weighted by Gasteiger charge is 2.34. The van der Waals surface area contributed by atoms with Gasteiger partial charge in [-0.25, -0.2) is 4.39 Å². The smallest absolute Gasteiger partial charge is 0.191 e. The van der Waals surface area contributed by atoms with E-state index in [9.17, 15) is 9.50 Å². The first-order valence-electron chi connectivity index (χ1n) is 9.74. The Morgan fingerprint density at radius 1 is 1.36 bits per heavy atom. The van der Waals surface area contributed by atoms with Gasteiger partial charge in [0.05, 0.1) is 19.7 Å². The molecule has 2 atom stereocenters. The molecular formula is C20H33FIN3O3. The fraction of sp³-hybridized carbons (Fsp3) is 0.650. The van der Waals surface area contributed by atoms with E-state index in [-0.39, 0.29) is 53.7 Å². The molecule has 1 fully saturated rings. The van der Waals surface area contributed by atoms with Crippen LogP contribution >= 0.6 is 24.0 Å². The van der Waals surface area contributed by atoms with Crippen LogP contribution in [0.2, 0.25) is 0 Å². The van der Waals surface area contributed by atoms with Gasteiger partial charge in [0.1, 0.15) is 6.10 Å². The van der Waals surface area contributed by atoms with Crippen molar-refractivity contribution in [1.29, 1.82) is 0 Å². The van der Waals surface area contributed by atoms with Gasteiger partial charge in [-0.3, -0.25) is 4.99 Å². The summed E-state index contributed by atoms with van der Waals surface area (Å²) in [5.74, 6) is 0.596. The van der Waals surface area contributed by atoms with Crippen LogP contribution in [-0.4, -0.2) is 56.6 Å². The number of nitrogens with one attached hydrogen (secondary N) is 2. The number of halogens is 2. The molecule has 1 aliphatic heterocycles. The van der Waals surface area contributed by atoms with Crippen molar-refractivity contribution in [3.63, 3.8) is 0 Å². The number of hydrogen-bond donors (Lipinski definition) is 3. The molecule has 2 rings (SSSR count). The quantitative estimate of drug-likeness (QED) is 0.257. The summed E-state index contributed by atoms with van der Waals surface area (Å²) >= 11 is 0. The molecule has 0 spiro atoms. The number of nitrogens with zero attached hydrogens (tertiary/aromatic N) is 1. The Bertz CT molecular complexity index is 598. The third-order valence-electron chi connectivity index (χ3n) is 4.83. The minimum Gasteiger partial charge on any atom is -0.486 e. The summed E-state index contributed by atoms with van der Waals surface area (Å²) in [4.78, 5) is 4.69. The summed E-state index contributed by atoms with van der Waals surface area (Å²) in [6.45, 7) is 7.33. The average molecular weight is 509 g/mol. The van der Waals surface area contributed by atoms with Crippen molar-refractivity contribution in [3.05, 3.63) is 30.1 Å². The van der Waals surface area contributed by atoms with Crippen LogP contribution in [-0.2, 0) is 4.74 Å². The lowest BCUT2D eigenvalue weighted by Crippen LogP contribution is -2.43. The van der Waals surface area contributed by atoms with E-state index in [1.807, 2.05) is 13.8 Å². The van der Waals surface area contributed by atoms with E-state index in [1.165, 1.54) is 6.07 Å². The number of rotatable bonds is 10. The highest BCUT2D eigenvalue weighted by Crippen LogP contribution is 2.32. The van der Waals surface area contributed by atoms with Gasteiger partial charge in [0.25, 0.3) is 0 Å². The van der Waals surface area contributed by atoms with Crippen molar-refractivity contribution in [2.45, 2.75) is 39.2 Å². The molecule has 6 nitrogen and oxygen atoms in total. The predicted molar refractivity (Wildman–Crippen MR) is 120 cm³/mol. The maximum atomic E-state index is 13.8. The third-order valence-corrected chi connectivity index (χ3v) is 4.83. The summed E-state index contributed by atoms with van der Waals surface area (Å²) < 4.78 is 25.1. The van der Waals surface area contributed by atoms with Crippen LogP contribution in [0.15, 0.2) is 29.3 Å². The Morgan fingerprint density at radius 3 is 2.75 bits per heavy atom. The second kappa shape index (κ2) is 13.2. The molecule has 8 heteroatoms. The zero-order chi connectivity index (χ0) is 19.5. The molecule has 1 aromatic carbocycles. The largest absolute Gasteiger partial charge is 0.486 e. The van der Waals surface area contributed by atoms with Crippen molar-refractivity contribution >= 4 is 29.9 Å². The van der Waals surface area contributed by atoms with Gasteiger partial charge in [-0.1, -0.05) is 19.1 Å². The molecule has 1 aromatic rings. The Morgan fingerprint density at radius 2 is 2.14 bits per heavy atom. The van der Waals surface area contributed by atoms with E-state index < -0.39 is 0 Å². The van der Waals surface area contributed by atoms with E-state index in [0.717, 1.165) is 19.4 Å². The van der Waals surface area contributed by atoms with E-state index in [4.69, 9.17) is 14.5 Å². The van der Waals surface area contributed by atoms with Gasteiger partial charge in [0.2, 0.25) is 0 Å². The lowest BCUT2D eigenvalue weighted by molar-refractivity contribution is 0.131. The molecule has 0 aliphatic carbocycles. The van der Waals surface area contributed by atoms with Gasteiger partial charge in [0.15, 0.2) is 17.5 Å². The topological polar surface area (TPSA) is 75.1 Å². The molecule has 0 bridgehead atoms. The summed E-state index contributed by atoms with van der Waals surface area (Å²) in [5.41, 5.74) is -0.0923. The Balaban J connectivity index is 0.00000392. The molecule has 3 N–H and O–H groups in total. The Labute approximate surface area is 184 Å². The molecule has 1 heterocycles. The van der Waals surface area contributed by atoms with Gasteiger partial charge >= 0.3 is 0 Å². The molecular weight excluding hydrogens is 476 g/mol.